The highest BCUT2D eigenvalue weighted by Gasteiger charge is 2.20. The molecule has 0 amide bonds. The van der Waals surface area contributed by atoms with Crippen LogP contribution in [0.15, 0.2) is 60.1 Å². The molecule has 0 saturated carbocycles. The normalized spacial score (nSPS) is 14.6. The summed E-state index contributed by atoms with van der Waals surface area (Å²) in [4.78, 5) is 0. The fourth-order valence-electron chi connectivity index (χ4n) is 2.48. The van der Waals surface area contributed by atoms with Crippen LogP contribution >= 0.6 is 22.9 Å². The zero-order valence-corrected chi connectivity index (χ0v) is 11.2. The Hall–Kier alpha value is -1.18. The van der Waals surface area contributed by atoms with Gasteiger partial charge < -0.3 is 0 Å². The molecule has 3 rings (SSSR count). The molecule has 2 aromatic carbocycles. The van der Waals surface area contributed by atoms with Crippen LogP contribution in [0.25, 0.3) is 16.3 Å². The minimum Gasteiger partial charge on any atom is -0.165 e. The van der Waals surface area contributed by atoms with Crippen molar-refractivity contribution in [3.63, 3.8) is 0 Å². The molecule has 18 heavy (non-hydrogen) atoms. The zero-order valence-electron chi connectivity index (χ0n) is 9.74. The number of hydrogen-bond donors (Lipinski definition) is 0. The first-order valence-corrected chi connectivity index (χ1v) is 6.80. The monoisotopic (exact) mass is 272 g/mol. The second-order valence-electron chi connectivity index (χ2n) is 4.37. The van der Waals surface area contributed by atoms with Gasteiger partial charge in [0.1, 0.15) is 0 Å². The van der Waals surface area contributed by atoms with Crippen LogP contribution in [0.3, 0.4) is 0 Å². The Morgan fingerprint density at radius 2 is 1.72 bits per heavy atom. The van der Waals surface area contributed by atoms with Gasteiger partial charge in [-0.1, -0.05) is 54.6 Å². The second-order valence-corrected chi connectivity index (χ2v) is 5.46. The standard InChI is InChI=1S/C15H11BCl2/c17-16(18)15-10-4-9-14(15)13-8-3-6-11-5-1-2-7-12(11)13/h1-8,10H,9H2. The Balaban J connectivity index is 2.24. The Morgan fingerprint density at radius 1 is 0.944 bits per heavy atom. The predicted octanol–water partition coefficient (Wildman–Crippen LogP) is 5.06. The summed E-state index contributed by atoms with van der Waals surface area (Å²) < 4.78 is 0. The number of benzene rings is 2. The fourth-order valence-corrected chi connectivity index (χ4v) is 2.89. The Labute approximate surface area is 117 Å². The lowest BCUT2D eigenvalue weighted by Gasteiger charge is -2.10. The second kappa shape index (κ2) is 4.83. The van der Waals surface area contributed by atoms with Crippen molar-refractivity contribution >= 4 is 44.8 Å². The molecular formula is C15H11BCl2. The molecule has 0 radical (unpaired) electrons. The van der Waals surface area contributed by atoms with Crippen LogP contribution in [0.4, 0.5) is 0 Å². The van der Waals surface area contributed by atoms with E-state index in [4.69, 9.17) is 22.9 Å². The van der Waals surface area contributed by atoms with E-state index < -0.39 is 5.54 Å². The maximum Gasteiger partial charge on any atom is 0.383 e. The number of allylic oxidation sites excluding steroid dienone is 4. The molecule has 0 atom stereocenters. The minimum atomic E-state index is -0.460. The molecular weight excluding hydrogens is 262 g/mol. The molecule has 0 aliphatic heterocycles. The first-order valence-electron chi connectivity index (χ1n) is 5.93. The molecule has 88 valence electrons. The van der Waals surface area contributed by atoms with Crippen LogP contribution in [0.1, 0.15) is 12.0 Å². The topological polar surface area (TPSA) is 0 Å². The third kappa shape index (κ3) is 1.98. The molecule has 2 aromatic rings. The molecule has 0 saturated heterocycles. The lowest BCUT2D eigenvalue weighted by Crippen LogP contribution is -1.99. The van der Waals surface area contributed by atoms with Gasteiger partial charge in [0.15, 0.2) is 0 Å². The highest BCUT2D eigenvalue weighted by atomic mass is 35.5. The molecule has 3 heteroatoms. The summed E-state index contributed by atoms with van der Waals surface area (Å²) in [7, 11) is 0. The highest BCUT2D eigenvalue weighted by Crippen LogP contribution is 2.35. The average Bonchev–Trinajstić information content (AvgIpc) is 2.87. The Morgan fingerprint density at radius 3 is 2.56 bits per heavy atom. The van der Waals surface area contributed by atoms with Crippen LogP contribution < -0.4 is 0 Å². The molecule has 0 spiro atoms. The van der Waals surface area contributed by atoms with Crippen molar-refractivity contribution in [2.75, 3.05) is 0 Å². The summed E-state index contributed by atoms with van der Waals surface area (Å²) in [5.41, 5.74) is 3.04. The van der Waals surface area contributed by atoms with Crippen molar-refractivity contribution < 1.29 is 0 Å². The van der Waals surface area contributed by atoms with Gasteiger partial charge in [-0.15, -0.1) is 0 Å². The van der Waals surface area contributed by atoms with Gasteiger partial charge in [-0.3, -0.25) is 0 Å². The summed E-state index contributed by atoms with van der Waals surface area (Å²) in [5, 5.41) is 2.50. The van der Waals surface area contributed by atoms with Gasteiger partial charge in [0, 0.05) is 0 Å². The van der Waals surface area contributed by atoms with E-state index in [1.165, 1.54) is 21.9 Å². The number of halogens is 2. The van der Waals surface area contributed by atoms with Crippen LogP contribution in [-0.4, -0.2) is 5.54 Å². The summed E-state index contributed by atoms with van der Waals surface area (Å²) in [5.74, 6) is 0. The lowest BCUT2D eigenvalue weighted by molar-refractivity contribution is 1.45. The van der Waals surface area contributed by atoms with E-state index in [1.54, 1.807) is 0 Å². The average molecular weight is 273 g/mol. The molecule has 0 bridgehead atoms. The Kier molecular flexibility index (Phi) is 3.19. The van der Waals surface area contributed by atoms with Crippen LogP contribution in [0, 0.1) is 0 Å². The molecule has 0 aromatic heterocycles. The van der Waals surface area contributed by atoms with Crippen molar-refractivity contribution in [2.45, 2.75) is 6.42 Å². The van der Waals surface area contributed by atoms with E-state index in [0.717, 1.165) is 11.9 Å². The third-order valence-corrected chi connectivity index (χ3v) is 3.79. The SMILES string of the molecule is ClB(Cl)C1=C(c2cccc3ccccc23)CC=C1. The van der Waals surface area contributed by atoms with Gasteiger partial charge in [-0.2, -0.15) is 22.9 Å². The summed E-state index contributed by atoms with van der Waals surface area (Å²) in [6.07, 6.45) is 5.05. The van der Waals surface area contributed by atoms with Gasteiger partial charge in [0.2, 0.25) is 0 Å². The number of hydrogen-bond acceptors (Lipinski definition) is 0. The summed E-state index contributed by atoms with van der Waals surface area (Å²) in [6.45, 7) is 0. The molecule has 0 nitrogen and oxygen atoms in total. The van der Waals surface area contributed by atoms with Crippen LogP contribution in [0.2, 0.25) is 0 Å². The van der Waals surface area contributed by atoms with Crippen molar-refractivity contribution in [3.8, 4) is 0 Å². The summed E-state index contributed by atoms with van der Waals surface area (Å²) in [6, 6.07) is 14.7. The molecule has 0 unspecified atom stereocenters. The lowest BCUT2D eigenvalue weighted by atomic mass is 9.85. The number of rotatable bonds is 2. The maximum absolute atomic E-state index is 6.04. The minimum absolute atomic E-state index is 0.460. The van der Waals surface area contributed by atoms with E-state index in [1.807, 2.05) is 6.08 Å². The molecule has 0 fully saturated rings. The van der Waals surface area contributed by atoms with Crippen LogP contribution in [-0.2, 0) is 0 Å². The van der Waals surface area contributed by atoms with Crippen molar-refractivity contribution in [3.05, 3.63) is 65.7 Å². The van der Waals surface area contributed by atoms with Crippen molar-refractivity contribution in [2.24, 2.45) is 0 Å². The smallest absolute Gasteiger partial charge is 0.165 e. The van der Waals surface area contributed by atoms with Crippen LogP contribution in [0.5, 0.6) is 0 Å². The van der Waals surface area contributed by atoms with E-state index in [9.17, 15) is 0 Å². The van der Waals surface area contributed by atoms with Crippen molar-refractivity contribution in [1.29, 1.82) is 0 Å². The largest absolute Gasteiger partial charge is 0.383 e. The van der Waals surface area contributed by atoms with Gasteiger partial charge in [-0.05, 0) is 33.8 Å². The summed E-state index contributed by atoms with van der Waals surface area (Å²) >= 11 is 12.1. The molecule has 0 N–H and O–H groups in total. The van der Waals surface area contributed by atoms with Crippen molar-refractivity contribution in [1.82, 2.24) is 0 Å². The zero-order chi connectivity index (χ0) is 12.5. The molecule has 0 heterocycles. The van der Waals surface area contributed by atoms with Gasteiger partial charge >= 0.3 is 5.54 Å². The van der Waals surface area contributed by atoms with Gasteiger partial charge in [0.25, 0.3) is 0 Å². The third-order valence-electron chi connectivity index (χ3n) is 3.32. The predicted molar refractivity (Wildman–Crippen MR) is 82.1 cm³/mol. The van der Waals surface area contributed by atoms with E-state index in [-0.39, 0.29) is 0 Å². The van der Waals surface area contributed by atoms with Gasteiger partial charge in [-0.25, -0.2) is 0 Å². The Bertz CT molecular complexity index is 651. The number of fused-ring (bicyclic) bond motifs is 1. The first-order chi connectivity index (χ1) is 8.77. The van der Waals surface area contributed by atoms with Gasteiger partial charge in [0.05, 0.1) is 0 Å². The molecule has 1 aliphatic rings. The highest BCUT2D eigenvalue weighted by molar-refractivity contribution is 7.37. The maximum atomic E-state index is 6.04. The van der Waals surface area contributed by atoms with E-state index in [0.29, 0.717) is 0 Å². The molecule has 1 aliphatic carbocycles. The quantitative estimate of drug-likeness (QED) is 0.671. The van der Waals surface area contributed by atoms with E-state index >= 15 is 0 Å². The first kappa shape index (κ1) is 11.9. The van der Waals surface area contributed by atoms with E-state index in [2.05, 4.69) is 48.5 Å². The fraction of sp³-hybridized carbons (Fsp3) is 0.0667.